The van der Waals surface area contributed by atoms with Crippen LogP contribution in [0, 0.1) is 0 Å². The number of fused-ring (bicyclic) bond motifs is 1. The molecule has 0 aromatic carbocycles. The van der Waals surface area contributed by atoms with Crippen LogP contribution < -0.4 is 4.74 Å². The van der Waals surface area contributed by atoms with E-state index in [1.54, 1.807) is 4.68 Å². The molecule has 2 rings (SSSR count). The van der Waals surface area contributed by atoms with Crippen LogP contribution in [0.5, 0.6) is 5.88 Å². The fourth-order valence-electron chi connectivity index (χ4n) is 1.63. The maximum atomic E-state index is 10.8. The Kier molecular flexibility index (Phi) is 2.15. The molecule has 0 radical (unpaired) electrons. The van der Waals surface area contributed by atoms with Gasteiger partial charge in [0, 0.05) is 0 Å². The molecule has 0 saturated heterocycles. The van der Waals surface area contributed by atoms with Crippen LogP contribution in [0.15, 0.2) is 6.20 Å². The first kappa shape index (κ1) is 9.05. The van der Waals surface area contributed by atoms with E-state index < -0.39 is 5.97 Å². The molecule has 0 amide bonds. The Morgan fingerprint density at radius 1 is 1.79 bits per heavy atom. The van der Waals surface area contributed by atoms with E-state index in [0.29, 0.717) is 12.5 Å². The minimum Gasteiger partial charge on any atom is -0.477 e. The third-order valence-electron chi connectivity index (χ3n) is 2.40. The highest BCUT2D eigenvalue weighted by Gasteiger charge is 2.23. The quantitative estimate of drug-likeness (QED) is 0.735. The zero-order valence-electron chi connectivity index (χ0n) is 7.93. The molecule has 1 atom stereocenters. The van der Waals surface area contributed by atoms with Gasteiger partial charge in [-0.15, -0.1) is 0 Å². The van der Waals surface area contributed by atoms with Gasteiger partial charge in [-0.2, -0.15) is 5.10 Å². The van der Waals surface area contributed by atoms with E-state index in [4.69, 9.17) is 9.84 Å². The SMILES string of the molecule is CC1CCCOc2c(C(=O)O)cnn21. The molecule has 0 spiro atoms. The van der Waals surface area contributed by atoms with Crippen LogP contribution in [-0.4, -0.2) is 27.5 Å². The van der Waals surface area contributed by atoms with Gasteiger partial charge >= 0.3 is 5.97 Å². The van der Waals surface area contributed by atoms with Crippen molar-refractivity contribution in [3.05, 3.63) is 11.8 Å². The van der Waals surface area contributed by atoms with Gasteiger partial charge in [0.1, 0.15) is 5.56 Å². The Morgan fingerprint density at radius 2 is 2.57 bits per heavy atom. The van der Waals surface area contributed by atoms with Gasteiger partial charge in [0.05, 0.1) is 18.8 Å². The second-order valence-corrected chi connectivity index (χ2v) is 3.45. The molecule has 2 heterocycles. The molecule has 0 bridgehead atoms. The molecule has 0 saturated carbocycles. The fraction of sp³-hybridized carbons (Fsp3) is 0.556. The summed E-state index contributed by atoms with van der Waals surface area (Å²) in [7, 11) is 0. The van der Waals surface area contributed by atoms with Crippen LogP contribution in [0.3, 0.4) is 0 Å². The molecule has 1 aliphatic rings. The van der Waals surface area contributed by atoms with Crippen molar-refractivity contribution in [2.24, 2.45) is 0 Å². The Hall–Kier alpha value is -1.52. The van der Waals surface area contributed by atoms with E-state index in [-0.39, 0.29) is 11.6 Å². The number of rotatable bonds is 1. The maximum absolute atomic E-state index is 10.8. The molecule has 5 nitrogen and oxygen atoms in total. The van der Waals surface area contributed by atoms with Crippen LogP contribution >= 0.6 is 0 Å². The lowest BCUT2D eigenvalue weighted by Crippen LogP contribution is -2.06. The second kappa shape index (κ2) is 3.32. The lowest BCUT2D eigenvalue weighted by atomic mass is 10.2. The van der Waals surface area contributed by atoms with Crippen molar-refractivity contribution in [1.29, 1.82) is 0 Å². The maximum Gasteiger partial charge on any atom is 0.342 e. The zero-order chi connectivity index (χ0) is 10.1. The topological polar surface area (TPSA) is 64.3 Å². The van der Waals surface area contributed by atoms with Gasteiger partial charge in [0.15, 0.2) is 0 Å². The van der Waals surface area contributed by atoms with Gasteiger partial charge in [-0.25, -0.2) is 9.48 Å². The summed E-state index contributed by atoms with van der Waals surface area (Å²) in [6.07, 6.45) is 3.25. The Bertz CT molecular complexity index is 359. The number of aromatic nitrogens is 2. The normalized spacial score (nSPS) is 20.8. The summed E-state index contributed by atoms with van der Waals surface area (Å²) in [5, 5.41) is 12.9. The largest absolute Gasteiger partial charge is 0.477 e. The van der Waals surface area contributed by atoms with E-state index in [2.05, 4.69) is 5.10 Å². The molecular formula is C9H12N2O3. The third-order valence-corrected chi connectivity index (χ3v) is 2.40. The third kappa shape index (κ3) is 1.34. The zero-order valence-corrected chi connectivity index (χ0v) is 7.93. The summed E-state index contributed by atoms with van der Waals surface area (Å²) in [5.41, 5.74) is 0.152. The second-order valence-electron chi connectivity index (χ2n) is 3.45. The number of ether oxygens (including phenoxy) is 1. The van der Waals surface area contributed by atoms with E-state index >= 15 is 0 Å². The van der Waals surface area contributed by atoms with Gasteiger partial charge in [-0.05, 0) is 19.8 Å². The number of carboxylic acid groups (broad SMARTS) is 1. The number of carbonyl (C=O) groups is 1. The van der Waals surface area contributed by atoms with E-state index in [1.807, 2.05) is 6.92 Å². The molecule has 1 unspecified atom stereocenters. The number of carboxylic acids is 1. The van der Waals surface area contributed by atoms with Crippen LogP contribution in [0.25, 0.3) is 0 Å². The summed E-state index contributed by atoms with van der Waals surface area (Å²) in [4.78, 5) is 10.8. The molecule has 1 aliphatic heterocycles. The Balaban J connectivity index is 2.44. The highest BCUT2D eigenvalue weighted by molar-refractivity contribution is 5.90. The first-order valence-electron chi connectivity index (χ1n) is 4.63. The fourth-order valence-corrected chi connectivity index (χ4v) is 1.63. The minimum atomic E-state index is -0.986. The number of hydrogen-bond donors (Lipinski definition) is 1. The molecule has 14 heavy (non-hydrogen) atoms. The van der Waals surface area contributed by atoms with Gasteiger partial charge in [-0.3, -0.25) is 0 Å². The summed E-state index contributed by atoms with van der Waals surface area (Å²) in [5.74, 6) is -0.595. The molecule has 0 fully saturated rings. The molecule has 1 aromatic heterocycles. The number of nitrogens with zero attached hydrogens (tertiary/aromatic N) is 2. The van der Waals surface area contributed by atoms with Gasteiger partial charge in [0.25, 0.3) is 0 Å². The molecule has 1 aromatic rings. The standard InChI is InChI=1S/C9H12N2O3/c1-6-3-2-4-14-8-7(9(12)13)5-10-11(6)8/h5-6H,2-4H2,1H3,(H,12,13). The summed E-state index contributed by atoms with van der Waals surface area (Å²) >= 11 is 0. The van der Waals surface area contributed by atoms with E-state index in [9.17, 15) is 4.79 Å². The van der Waals surface area contributed by atoms with Crippen LogP contribution in [-0.2, 0) is 0 Å². The van der Waals surface area contributed by atoms with Crippen molar-refractivity contribution in [2.75, 3.05) is 6.61 Å². The highest BCUT2D eigenvalue weighted by atomic mass is 16.5. The van der Waals surface area contributed by atoms with Crippen molar-refractivity contribution >= 4 is 5.97 Å². The van der Waals surface area contributed by atoms with E-state index in [1.165, 1.54) is 6.20 Å². The molecular weight excluding hydrogens is 184 g/mol. The van der Waals surface area contributed by atoms with Gasteiger partial charge in [0.2, 0.25) is 5.88 Å². The van der Waals surface area contributed by atoms with Crippen molar-refractivity contribution in [2.45, 2.75) is 25.8 Å². The predicted molar refractivity (Wildman–Crippen MR) is 48.6 cm³/mol. The molecule has 76 valence electrons. The number of hydrogen-bond acceptors (Lipinski definition) is 3. The minimum absolute atomic E-state index is 0.152. The van der Waals surface area contributed by atoms with Crippen molar-refractivity contribution in [3.63, 3.8) is 0 Å². The lowest BCUT2D eigenvalue weighted by molar-refractivity contribution is 0.0692. The van der Waals surface area contributed by atoms with Crippen molar-refractivity contribution in [3.8, 4) is 5.88 Å². The smallest absolute Gasteiger partial charge is 0.342 e. The van der Waals surface area contributed by atoms with Crippen LogP contribution in [0.2, 0.25) is 0 Å². The van der Waals surface area contributed by atoms with Gasteiger partial charge in [-0.1, -0.05) is 0 Å². The summed E-state index contributed by atoms with van der Waals surface area (Å²) in [6, 6.07) is 0.209. The lowest BCUT2D eigenvalue weighted by Gasteiger charge is -2.09. The molecule has 5 heteroatoms. The average molecular weight is 196 g/mol. The first-order valence-corrected chi connectivity index (χ1v) is 4.63. The van der Waals surface area contributed by atoms with Crippen molar-refractivity contribution < 1.29 is 14.6 Å². The Morgan fingerprint density at radius 3 is 3.29 bits per heavy atom. The number of aromatic carboxylic acids is 1. The molecule has 1 N–H and O–H groups in total. The van der Waals surface area contributed by atoms with Crippen molar-refractivity contribution in [1.82, 2.24) is 9.78 Å². The average Bonchev–Trinajstić information content (AvgIpc) is 2.48. The van der Waals surface area contributed by atoms with Gasteiger partial charge < -0.3 is 9.84 Å². The summed E-state index contributed by atoms with van der Waals surface area (Å²) in [6.45, 7) is 2.58. The first-order chi connectivity index (χ1) is 6.70. The monoisotopic (exact) mass is 196 g/mol. The Labute approximate surface area is 81.3 Å². The van der Waals surface area contributed by atoms with Crippen LogP contribution in [0.1, 0.15) is 36.2 Å². The summed E-state index contributed by atoms with van der Waals surface area (Å²) < 4.78 is 7.02. The van der Waals surface area contributed by atoms with Crippen LogP contribution in [0.4, 0.5) is 0 Å². The predicted octanol–water partition coefficient (Wildman–Crippen LogP) is 1.31. The molecule has 0 aliphatic carbocycles. The van der Waals surface area contributed by atoms with E-state index in [0.717, 1.165) is 12.8 Å². The highest BCUT2D eigenvalue weighted by Crippen LogP contribution is 2.27.